The first kappa shape index (κ1) is 24.7. The summed E-state index contributed by atoms with van der Waals surface area (Å²) in [6.07, 6.45) is 0.755. The standard InChI is InChI=1S/C27H32N2O6/c1-3-8-18(24(30)29-13-14-35-27(2,17-29)25(31)32)15-28-26(33)34-16-23-21-11-6-4-9-19(21)20-10-5-7-12-22(20)23/h4-7,9-12,18,23H,3,8,13-17H2,1-2H3,(H,28,33)(H,31,32). The SMILES string of the molecule is CCCC(CNC(=O)OCC1c2ccccc2-c2ccccc21)C(=O)N1CCOC(C)(C(=O)O)C1. The highest BCUT2D eigenvalue weighted by molar-refractivity contribution is 5.83. The van der Waals surface area contributed by atoms with Crippen LogP contribution >= 0.6 is 0 Å². The summed E-state index contributed by atoms with van der Waals surface area (Å²) in [6, 6.07) is 16.3. The van der Waals surface area contributed by atoms with Crippen molar-refractivity contribution < 1.29 is 29.0 Å². The van der Waals surface area contributed by atoms with Crippen molar-refractivity contribution in [1.82, 2.24) is 10.2 Å². The van der Waals surface area contributed by atoms with Gasteiger partial charge in [-0.1, -0.05) is 61.9 Å². The molecule has 1 aliphatic carbocycles. The molecule has 2 aromatic carbocycles. The third-order valence-corrected chi connectivity index (χ3v) is 6.86. The molecule has 0 saturated carbocycles. The lowest BCUT2D eigenvalue weighted by Gasteiger charge is -2.39. The largest absolute Gasteiger partial charge is 0.479 e. The summed E-state index contributed by atoms with van der Waals surface area (Å²) in [5.74, 6) is -1.78. The highest BCUT2D eigenvalue weighted by Crippen LogP contribution is 2.44. The minimum absolute atomic E-state index is 0.0215. The average molecular weight is 481 g/mol. The number of benzene rings is 2. The van der Waals surface area contributed by atoms with Crippen molar-refractivity contribution in [2.45, 2.75) is 38.2 Å². The monoisotopic (exact) mass is 480 g/mol. The van der Waals surface area contributed by atoms with E-state index in [0.717, 1.165) is 28.7 Å². The first-order valence-corrected chi connectivity index (χ1v) is 12.1. The van der Waals surface area contributed by atoms with E-state index < -0.39 is 23.6 Å². The third-order valence-electron chi connectivity index (χ3n) is 6.86. The normalized spacial score (nSPS) is 20.0. The van der Waals surface area contributed by atoms with E-state index in [9.17, 15) is 19.5 Å². The molecule has 8 heteroatoms. The van der Waals surface area contributed by atoms with Crippen LogP contribution in [0.2, 0.25) is 0 Å². The predicted octanol–water partition coefficient (Wildman–Crippen LogP) is 3.64. The van der Waals surface area contributed by atoms with Gasteiger partial charge >= 0.3 is 12.1 Å². The van der Waals surface area contributed by atoms with Crippen molar-refractivity contribution >= 4 is 18.0 Å². The second kappa shape index (κ2) is 10.5. The molecule has 186 valence electrons. The van der Waals surface area contributed by atoms with Gasteiger partial charge in [-0.2, -0.15) is 0 Å². The predicted molar refractivity (Wildman–Crippen MR) is 130 cm³/mol. The maximum absolute atomic E-state index is 13.1. The number of hydrogen-bond acceptors (Lipinski definition) is 5. The minimum Gasteiger partial charge on any atom is -0.479 e. The molecule has 2 atom stereocenters. The number of rotatable bonds is 8. The summed E-state index contributed by atoms with van der Waals surface area (Å²) in [7, 11) is 0. The van der Waals surface area contributed by atoms with Gasteiger partial charge in [-0.25, -0.2) is 9.59 Å². The first-order valence-electron chi connectivity index (χ1n) is 12.1. The molecule has 1 heterocycles. The van der Waals surface area contributed by atoms with Crippen LogP contribution in [0.15, 0.2) is 48.5 Å². The molecule has 0 spiro atoms. The molecule has 0 aromatic heterocycles. The van der Waals surface area contributed by atoms with Crippen LogP contribution in [0.5, 0.6) is 0 Å². The molecule has 2 aromatic rings. The number of morpholine rings is 1. The highest BCUT2D eigenvalue weighted by Gasteiger charge is 2.42. The Kier molecular flexibility index (Phi) is 7.40. The summed E-state index contributed by atoms with van der Waals surface area (Å²) < 4.78 is 11.0. The van der Waals surface area contributed by atoms with E-state index in [2.05, 4.69) is 29.6 Å². The van der Waals surface area contributed by atoms with E-state index in [1.54, 1.807) is 0 Å². The van der Waals surface area contributed by atoms with Crippen LogP contribution in [0, 0.1) is 5.92 Å². The van der Waals surface area contributed by atoms with Crippen LogP contribution < -0.4 is 5.32 Å². The molecule has 2 N–H and O–H groups in total. The van der Waals surface area contributed by atoms with Gasteiger partial charge in [0, 0.05) is 19.0 Å². The van der Waals surface area contributed by atoms with Gasteiger partial charge in [-0.15, -0.1) is 0 Å². The number of carboxylic acid groups (broad SMARTS) is 1. The molecule has 0 bridgehead atoms. The Morgan fingerprint density at radius 1 is 1.14 bits per heavy atom. The maximum Gasteiger partial charge on any atom is 0.407 e. The van der Waals surface area contributed by atoms with Crippen molar-refractivity contribution in [3.63, 3.8) is 0 Å². The fourth-order valence-electron chi connectivity index (χ4n) is 4.96. The molecule has 2 aliphatic rings. The number of carboxylic acids is 1. The molecule has 2 amide bonds. The van der Waals surface area contributed by atoms with Crippen molar-refractivity contribution in [2.75, 3.05) is 32.8 Å². The molecule has 8 nitrogen and oxygen atoms in total. The summed E-state index contributed by atoms with van der Waals surface area (Å²) in [6.45, 7) is 4.23. The fraction of sp³-hybridized carbons (Fsp3) is 0.444. The maximum atomic E-state index is 13.1. The Bertz CT molecular complexity index is 1060. The second-order valence-electron chi connectivity index (χ2n) is 9.34. The van der Waals surface area contributed by atoms with Gasteiger partial charge in [0.15, 0.2) is 5.60 Å². The van der Waals surface area contributed by atoms with Gasteiger partial charge in [0.1, 0.15) is 6.61 Å². The number of fused-ring (bicyclic) bond motifs is 3. The summed E-state index contributed by atoms with van der Waals surface area (Å²) in [5, 5.41) is 12.2. The van der Waals surface area contributed by atoms with E-state index in [1.165, 1.54) is 11.8 Å². The van der Waals surface area contributed by atoms with Crippen molar-refractivity contribution in [3.05, 3.63) is 59.7 Å². The van der Waals surface area contributed by atoms with Crippen molar-refractivity contribution in [2.24, 2.45) is 5.92 Å². The Morgan fingerprint density at radius 3 is 2.37 bits per heavy atom. The topological polar surface area (TPSA) is 105 Å². The van der Waals surface area contributed by atoms with Crippen molar-refractivity contribution in [1.29, 1.82) is 0 Å². The van der Waals surface area contributed by atoms with Crippen LogP contribution in [0.1, 0.15) is 43.7 Å². The summed E-state index contributed by atoms with van der Waals surface area (Å²) in [4.78, 5) is 38.8. The van der Waals surface area contributed by atoms with Gasteiger partial charge in [0.2, 0.25) is 5.91 Å². The lowest BCUT2D eigenvalue weighted by Crippen LogP contribution is -2.57. The Balaban J connectivity index is 1.35. The van der Waals surface area contributed by atoms with Gasteiger partial charge in [0.05, 0.1) is 19.1 Å². The van der Waals surface area contributed by atoms with Gasteiger partial charge in [-0.05, 0) is 35.6 Å². The zero-order valence-electron chi connectivity index (χ0n) is 20.2. The lowest BCUT2D eigenvalue weighted by atomic mass is 9.98. The fourth-order valence-corrected chi connectivity index (χ4v) is 4.96. The summed E-state index contributed by atoms with van der Waals surface area (Å²) in [5.41, 5.74) is 3.16. The molecular weight excluding hydrogens is 448 g/mol. The minimum atomic E-state index is -1.43. The average Bonchev–Trinajstić information content (AvgIpc) is 3.18. The number of hydrogen-bond donors (Lipinski definition) is 2. The van der Waals surface area contributed by atoms with Crippen LogP contribution in [0.4, 0.5) is 4.79 Å². The molecule has 1 saturated heterocycles. The number of aliphatic carboxylic acids is 1. The van der Waals surface area contributed by atoms with Crippen molar-refractivity contribution in [3.8, 4) is 11.1 Å². The number of alkyl carbamates (subject to hydrolysis) is 1. The zero-order valence-corrected chi connectivity index (χ0v) is 20.2. The first-order chi connectivity index (χ1) is 16.8. The third kappa shape index (κ3) is 5.17. The second-order valence-corrected chi connectivity index (χ2v) is 9.34. The van der Waals surface area contributed by atoms with E-state index in [4.69, 9.17) is 9.47 Å². The Hall–Kier alpha value is -3.39. The van der Waals surface area contributed by atoms with Crippen LogP contribution in [0.3, 0.4) is 0 Å². The van der Waals surface area contributed by atoms with Crippen LogP contribution in [-0.2, 0) is 19.1 Å². The molecule has 1 aliphatic heterocycles. The van der Waals surface area contributed by atoms with E-state index in [-0.39, 0.29) is 38.1 Å². The Labute approximate surface area is 205 Å². The molecule has 0 radical (unpaired) electrons. The number of amides is 2. The van der Waals surface area contributed by atoms with E-state index >= 15 is 0 Å². The summed E-state index contributed by atoms with van der Waals surface area (Å²) >= 11 is 0. The smallest absolute Gasteiger partial charge is 0.407 e. The van der Waals surface area contributed by atoms with Crippen LogP contribution in [0.25, 0.3) is 11.1 Å². The molecule has 1 fully saturated rings. The number of ether oxygens (including phenoxy) is 2. The van der Waals surface area contributed by atoms with Gasteiger partial charge in [0.25, 0.3) is 0 Å². The number of carbonyl (C=O) groups is 3. The molecule has 2 unspecified atom stereocenters. The quantitative estimate of drug-likeness (QED) is 0.598. The number of nitrogens with zero attached hydrogens (tertiary/aromatic N) is 1. The molecular formula is C27H32N2O6. The van der Waals surface area contributed by atoms with E-state index in [1.807, 2.05) is 31.2 Å². The molecule has 35 heavy (non-hydrogen) atoms. The number of nitrogens with one attached hydrogen (secondary N) is 1. The zero-order chi connectivity index (χ0) is 25.0. The van der Waals surface area contributed by atoms with Gasteiger partial charge < -0.3 is 24.8 Å². The van der Waals surface area contributed by atoms with E-state index in [0.29, 0.717) is 13.0 Å². The Morgan fingerprint density at radius 2 is 1.77 bits per heavy atom. The lowest BCUT2D eigenvalue weighted by molar-refractivity contribution is -0.178. The van der Waals surface area contributed by atoms with Crippen LogP contribution in [-0.4, -0.2) is 66.4 Å². The highest BCUT2D eigenvalue weighted by atomic mass is 16.5. The molecule has 4 rings (SSSR count). The van der Waals surface area contributed by atoms with Gasteiger partial charge in [-0.3, -0.25) is 4.79 Å². The number of carbonyl (C=O) groups excluding carboxylic acids is 2.